The molecule has 0 saturated carbocycles. The van der Waals surface area contributed by atoms with E-state index < -0.39 is 17.0 Å². The van der Waals surface area contributed by atoms with Gasteiger partial charge in [-0.3, -0.25) is 4.99 Å². The van der Waals surface area contributed by atoms with Crippen LogP contribution in [0.4, 0.5) is 5.69 Å². The number of phenols is 1. The number of ether oxygens (including phenoxy) is 1. The molecule has 0 radical (unpaired) electrons. The average molecular weight is 346 g/mol. The summed E-state index contributed by atoms with van der Waals surface area (Å²) in [5.41, 5.74) is 1.41. The summed E-state index contributed by atoms with van der Waals surface area (Å²) >= 11 is -0.556. The zero-order chi connectivity index (χ0) is 14.8. The third kappa shape index (κ3) is 5.55. The minimum atomic E-state index is -0.556. The molecule has 0 heterocycles. The van der Waals surface area contributed by atoms with Gasteiger partial charge < -0.3 is 9.84 Å². The number of aromatic hydroxyl groups is 1. The third-order valence-electron chi connectivity index (χ3n) is 2.36. The number of hydrogen-bond acceptors (Lipinski definition) is 3. The van der Waals surface area contributed by atoms with E-state index in [0.29, 0.717) is 11.3 Å². The molecule has 2 aromatic rings. The maximum absolute atomic E-state index is 9.59. The molecule has 6 heteroatoms. The van der Waals surface area contributed by atoms with Gasteiger partial charge in [-0.1, -0.05) is 24.3 Å². The summed E-state index contributed by atoms with van der Waals surface area (Å²) in [6.07, 6.45) is 1.62. The fourth-order valence-corrected chi connectivity index (χ4v) is 1.47. The Kier molecular flexibility index (Phi) is 8.39. The molecule has 104 valence electrons. The third-order valence-corrected chi connectivity index (χ3v) is 2.36. The van der Waals surface area contributed by atoms with Crippen LogP contribution in [0.15, 0.2) is 53.5 Å². The molecule has 0 spiro atoms. The van der Waals surface area contributed by atoms with E-state index >= 15 is 0 Å². The van der Waals surface area contributed by atoms with Crippen molar-refractivity contribution in [3.63, 3.8) is 0 Å². The molecule has 0 unspecified atom stereocenters. The summed E-state index contributed by atoms with van der Waals surface area (Å²) in [5.74, 6) is 0.922. The van der Waals surface area contributed by atoms with Gasteiger partial charge in [0.2, 0.25) is 0 Å². The number of para-hydroxylation sites is 3. The molecular weight excluding hydrogens is 333 g/mol. The number of nitrogens with zero attached hydrogens (tertiary/aromatic N) is 1. The SMILES string of the molecule is COc1ccccc1N=Cc1ccccc1O.[Cl][Ti][Cl]. The van der Waals surface area contributed by atoms with Gasteiger partial charge in [0.05, 0.1) is 7.11 Å². The normalized spacial score (nSPS) is 9.75. The second kappa shape index (κ2) is 9.84. The van der Waals surface area contributed by atoms with Gasteiger partial charge >= 0.3 is 35.6 Å². The van der Waals surface area contributed by atoms with Crippen molar-refractivity contribution in [1.82, 2.24) is 0 Å². The monoisotopic (exact) mass is 345 g/mol. The van der Waals surface area contributed by atoms with Crippen LogP contribution < -0.4 is 4.74 Å². The van der Waals surface area contributed by atoms with E-state index in [1.165, 1.54) is 0 Å². The van der Waals surface area contributed by atoms with Gasteiger partial charge in [-0.15, -0.1) is 0 Å². The summed E-state index contributed by atoms with van der Waals surface area (Å²) in [6.45, 7) is 0. The van der Waals surface area contributed by atoms with Gasteiger partial charge in [0.15, 0.2) is 0 Å². The number of aliphatic imine (C=N–C) groups is 1. The van der Waals surface area contributed by atoms with Crippen molar-refractivity contribution >= 4 is 30.5 Å². The van der Waals surface area contributed by atoms with Crippen molar-refractivity contribution in [3.8, 4) is 11.5 Å². The second-order valence-electron chi connectivity index (χ2n) is 3.56. The van der Waals surface area contributed by atoms with E-state index in [-0.39, 0.29) is 5.75 Å². The number of methoxy groups -OCH3 is 1. The predicted octanol–water partition coefficient (Wildman–Crippen LogP) is 4.53. The summed E-state index contributed by atoms with van der Waals surface area (Å²) in [7, 11) is 11.4. The topological polar surface area (TPSA) is 41.8 Å². The Morgan fingerprint density at radius 1 is 1.10 bits per heavy atom. The minimum absolute atomic E-state index is 0.214. The maximum atomic E-state index is 9.59. The van der Waals surface area contributed by atoms with Crippen LogP contribution in [0.25, 0.3) is 0 Å². The molecule has 0 fully saturated rings. The first-order valence-corrected chi connectivity index (χ1v) is 9.94. The Bertz CT molecular complexity index is 564. The van der Waals surface area contributed by atoms with E-state index in [2.05, 4.69) is 4.99 Å². The first-order valence-electron chi connectivity index (χ1n) is 5.64. The van der Waals surface area contributed by atoms with Gasteiger partial charge in [-0.05, 0) is 24.3 Å². The number of benzene rings is 2. The van der Waals surface area contributed by atoms with Crippen LogP contribution in [0.2, 0.25) is 0 Å². The van der Waals surface area contributed by atoms with Crippen LogP contribution in [-0.4, -0.2) is 18.4 Å². The van der Waals surface area contributed by atoms with Gasteiger partial charge in [0, 0.05) is 11.8 Å². The quantitative estimate of drug-likeness (QED) is 0.656. The van der Waals surface area contributed by atoms with Crippen molar-refractivity contribution < 1.29 is 26.9 Å². The summed E-state index contributed by atoms with van der Waals surface area (Å²) in [4.78, 5) is 4.30. The number of phenolic OH excluding ortho intramolecular Hbond substituents is 1. The van der Waals surface area contributed by atoms with Crippen molar-refractivity contribution in [3.05, 3.63) is 54.1 Å². The Hall–Kier alpha value is -0.996. The van der Waals surface area contributed by atoms with Gasteiger partial charge in [0.25, 0.3) is 0 Å². The molecule has 3 nitrogen and oxygen atoms in total. The van der Waals surface area contributed by atoms with Crippen LogP contribution in [0.5, 0.6) is 11.5 Å². The molecular formula is C14H13Cl2NO2Ti. The summed E-state index contributed by atoms with van der Waals surface area (Å²) in [6, 6.07) is 14.5. The van der Waals surface area contributed by atoms with E-state index in [1.54, 1.807) is 31.5 Å². The average Bonchev–Trinajstić information content (AvgIpc) is 2.47. The fraction of sp³-hybridized carbons (Fsp3) is 0.0714. The van der Waals surface area contributed by atoms with Crippen LogP contribution in [-0.2, 0) is 17.0 Å². The van der Waals surface area contributed by atoms with Gasteiger partial charge in [0.1, 0.15) is 17.2 Å². The van der Waals surface area contributed by atoms with E-state index in [9.17, 15) is 5.11 Å². The van der Waals surface area contributed by atoms with Crippen molar-refractivity contribution in [2.24, 2.45) is 4.99 Å². The second-order valence-corrected chi connectivity index (χ2v) is 6.14. The van der Waals surface area contributed by atoms with Gasteiger partial charge in [-0.2, -0.15) is 0 Å². The zero-order valence-corrected chi connectivity index (χ0v) is 13.8. The molecule has 0 bridgehead atoms. The number of halogens is 2. The van der Waals surface area contributed by atoms with E-state index in [1.807, 2.05) is 30.3 Å². The molecule has 0 aliphatic rings. The molecule has 1 N–H and O–H groups in total. The molecule has 0 saturated heterocycles. The molecule has 2 rings (SSSR count). The Balaban J connectivity index is 0.000000612. The molecule has 0 aliphatic heterocycles. The molecule has 20 heavy (non-hydrogen) atoms. The molecule has 2 aromatic carbocycles. The Morgan fingerprint density at radius 2 is 1.70 bits per heavy atom. The fourth-order valence-electron chi connectivity index (χ4n) is 1.47. The van der Waals surface area contributed by atoms with Crippen LogP contribution >= 0.6 is 18.6 Å². The molecule has 0 aromatic heterocycles. The molecule has 0 amide bonds. The molecule has 0 aliphatic carbocycles. The van der Waals surface area contributed by atoms with Crippen LogP contribution in [0.3, 0.4) is 0 Å². The van der Waals surface area contributed by atoms with Crippen LogP contribution in [0.1, 0.15) is 5.56 Å². The number of hydrogen-bond donors (Lipinski definition) is 1. The first-order chi connectivity index (χ1) is 9.72. The number of rotatable bonds is 3. The van der Waals surface area contributed by atoms with Crippen molar-refractivity contribution in [1.29, 1.82) is 0 Å². The van der Waals surface area contributed by atoms with Crippen molar-refractivity contribution in [2.75, 3.05) is 7.11 Å². The van der Waals surface area contributed by atoms with Gasteiger partial charge in [-0.25, -0.2) is 0 Å². The standard InChI is InChI=1S/C14H13NO2.2ClH.Ti/c1-17-14-9-5-3-7-12(14)15-10-11-6-2-4-8-13(11)16;;;/h2-10,16H,1H3;2*1H;/q;;;+2/p-2. The predicted molar refractivity (Wildman–Crippen MR) is 80.1 cm³/mol. The van der Waals surface area contributed by atoms with E-state index in [0.717, 1.165) is 5.69 Å². The van der Waals surface area contributed by atoms with Crippen LogP contribution in [0, 0.1) is 0 Å². The Labute approximate surface area is 134 Å². The zero-order valence-electron chi connectivity index (χ0n) is 10.8. The van der Waals surface area contributed by atoms with E-state index in [4.69, 9.17) is 23.3 Å². The molecule has 0 atom stereocenters. The first kappa shape index (κ1) is 17.1. The summed E-state index contributed by atoms with van der Waals surface area (Å²) in [5, 5.41) is 9.59. The summed E-state index contributed by atoms with van der Waals surface area (Å²) < 4.78 is 5.19. The van der Waals surface area contributed by atoms with Crippen molar-refractivity contribution in [2.45, 2.75) is 0 Å². The Morgan fingerprint density at radius 3 is 2.35 bits per heavy atom.